The summed E-state index contributed by atoms with van der Waals surface area (Å²) in [4.78, 5) is 6.99. The van der Waals surface area contributed by atoms with Crippen LogP contribution in [0.25, 0.3) is 16.8 Å². The van der Waals surface area contributed by atoms with Crippen LogP contribution in [-0.2, 0) is 6.42 Å². The number of nitrogens with zero attached hydrogens (tertiary/aromatic N) is 3. The molecule has 1 unspecified atom stereocenters. The molecule has 1 fully saturated rings. The molecule has 4 heterocycles. The van der Waals surface area contributed by atoms with Crippen LogP contribution in [0, 0.1) is 0 Å². The molecule has 4 heteroatoms. The number of rotatable bonds is 1. The van der Waals surface area contributed by atoms with E-state index in [1.54, 1.807) is 0 Å². The summed E-state index contributed by atoms with van der Waals surface area (Å²) in [6.45, 7) is 3.10. The Morgan fingerprint density at radius 2 is 1.89 bits per heavy atom. The number of pyridine rings is 1. The number of piperidine rings is 1. The van der Waals surface area contributed by atoms with E-state index in [2.05, 4.69) is 50.8 Å². The SMILES string of the molecule is c1cn2cc(-c3ccc4c(c3)CCCC3CCCCN3CCO4)ccc2n1. The van der Waals surface area contributed by atoms with Crippen molar-refractivity contribution in [1.29, 1.82) is 0 Å². The van der Waals surface area contributed by atoms with Crippen molar-refractivity contribution in [3.8, 4) is 16.9 Å². The van der Waals surface area contributed by atoms with Gasteiger partial charge < -0.3 is 9.14 Å². The lowest BCUT2D eigenvalue weighted by Crippen LogP contribution is -2.42. The maximum Gasteiger partial charge on any atom is 0.136 e. The van der Waals surface area contributed by atoms with Crippen LogP contribution in [0.4, 0.5) is 0 Å². The van der Waals surface area contributed by atoms with Gasteiger partial charge in [-0.25, -0.2) is 4.98 Å². The molecule has 3 aromatic rings. The highest BCUT2D eigenvalue weighted by Gasteiger charge is 2.23. The molecule has 2 aliphatic heterocycles. The zero-order chi connectivity index (χ0) is 18.1. The molecule has 140 valence electrons. The van der Waals surface area contributed by atoms with E-state index in [0.717, 1.165) is 37.0 Å². The normalized spacial score (nSPS) is 21.3. The summed E-state index contributed by atoms with van der Waals surface area (Å²) in [6, 6.07) is 11.7. The summed E-state index contributed by atoms with van der Waals surface area (Å²) in [6.07, 6.45) is 13.7. The van der Waals surface area contributed by atoms with Gasteiger partial charge in [0.2, 0.25) is 0 Å². The molecule has 1 atom stereocenters. The minimum atomic E-state index is 0.760. The van der Waals surface area contributed by atoms with Gasteiger partial charge in [0, 0.05) is 31.2 Å². The summed E-state index contributed by atoms with van der Waals surface area (Å²) >= 11 is 0. The Hall–Kier alpha value is -2.33. The summed E-state index contributed by atoms with van der Waals surface area (Å²) in [5.74, 6) is 1.07. The second-order valence-electron chi connectivity index (χ2n) is 7.86. The number of benzene rings is 1. The number of imidazole rings is 1. The summed E-state index contributed by atoms with van der Waals surface area (Å²) < 4.78 is 8.28. The molecule has 27 heavy (non-hydrogen) atoms. The Labute approximate surface area is 160 Å². The first-order valence-corrected chi connectivity index (χ1v) is 10.3. The van der Waals surface area contributed by atoms with Crippen molar-refractivity contribution < 1.29 is 4.74 Å². The van der Waals surface area contributed by atoms with E-state index >= 15 is 0 Å². The number of hydrogen-bond donors (Lipinski definition) is 0. The number of aryl methyl sites for hydroxylation is 1. The maximum atomic E-state index is 6.20. The smallest absolute Gasteiger partial charge is 0.136 e. The molecule has 1 saturated heterocycles. The van der Waals surface area contributed by atoms with Crippen molar-refractivity contribution in [2.75, 3.05) is 19.7 Å². The Balaban J connectivity index is 1.41. The van der Waals surface area contributed by atoms with E-state index in [4.69, 9.17) is 4.74 Å². The number of ether oxygens (including phenoxy) is 1. The molecule has 0 saturated carbocycles. The van der Waals surface area contributed by atoms with Gasteiger partial charge in [0.25, 0.3) is 0 Å². The van der Waals surface area contributed by atoms with Crippen LogP contribution in [0.3, 0.4) is 0 Å². The van der Waals surface area contributed by atoms with Gasteiger partial charge in [-0.2, -0.15) is 0 Å². The number of aromatic nitrogens is 2. The highest BCUT2D eigenvalue weighted by Crippen LogP contribution is 2.30. The molecule has 1 aromatic carbocycles. The zero-order valence-corrected chi connectivity index (χ0v) is 15.8. The molecule has 4 nitrogen and oxygen atoms in total. The van der Waals surface area contributed by atoms with E-state index < -0.39 is 0 Å². The third-order valence-corrected chi connectivity index (χ3v) is 6.15. The van der Waals surface area contributed by atoms with Crippen LogP contribution in [0.1, 0.15) is 37.7 Å². The minimum Gasteiger partial charge on any atom is -0.492 e. The molecule has 0 aliphatic carbocycles. The van der Waals surface area contributed by atoms with Crippen molar-refractivity contribution in [1.82, 2.24) is 14.3 Å². The third kappa shape index (κ3) is 3.46. The number of fused-ring (bicyclic) bond motifs is 3. The second-order valence-corrected chi connectivity index (χ2v) is 7.86. The fourth-order valence-electron chi connectivity index (χ4n) is 4.67. The summed E-state index contributed by atoms with van der Waals surface area (Å²) in [7, 11) is 0. The first-order valence-electron chi connectivity index (χ1n) is 10.3. The fraction of sp³-hybridized carbons (Fsp3) is 0.435. The first-order chi connectivity index (χ1) is 13.4. The maximum absolute atomic E-state index is 6.20. The van der Waals surface area contributed by atoms with Gasteiger partial charge in [-0.1, -0.05) is 12.5 Å². The molecule has 0 radical (unpaired) electrons. The van der Waals surface area contributed by atoms with Crippen molar-refractivity contribution in [3.63, 3.8) is 0 Å². The predicted octanol–water partition coefficient (Wildman–Crippen LogP) is 4.57. The lowest BCUT2D eigenvalue weighted by molar-refractivity contribution is 0.113. The van der Waals surface area contributed by atoms with Gasteiger partial charge >= 0.3 is 0 Å². The van der Waals surface area contributed by atoms with E-state index in [1.807, 2.05) is 12.4 Å². The van der Waals surface area contributed by atoms with Crippen LogP contribution in [0.2, 0.25) is 0 Å². The third-order valence-electron chi connectivity index (χ3n) is 6.15. The van der Waals surface area contributed by atoms with Gasteiger partial charge in [0.15, 0.2) is 0 Å². The fourth-order valence-corrected chi connectivity index (χ4v) is 4.67. The molecule has 0 bridgehead atoms. The Kier molecular flexibility index (Phi) is 4.58. The van der Waals surface area contributed by atoms with Crippen molar-refractivity contribution >= 4 is 5.65 Å². The van der Waals surface area contributed by atoms with Crippen molar-refractivity contribution in [2.45, 2.75) is 44.6 Å². The molecular weight excluding hydrogens is 334 g/mol. The second kappa shape index (κ2) is 7.35. The monoisotopic (exact) mass is 361 g/mol. The van der Waals surface area contributed by atoms with Crippen LogP contribution in [0.15, 0.2) is 48.9 Å². The van der Waals surface area contributed by atoms with Gasteiger partial charge in [0.1, 0.15) is 18.0 Å². The first kappa shape index (κ1) is 16.8. The van der Waals surface area contributed by atoms with E-state index in [1.165, 1.54) is 55.3 Å². The van der Waals surface area contributed by atoms with Crippen LogP contribution < -0.4 is 4.74 Å². The van der Waals surface area contributed by atoms with Gasteiger partial charge in [-0.3, -0.25) is 4.90 Å². The van der Waals surface area contributed by atoms with E-state index in [9.17, 15) is 0 Å². The average molecular weight is 361 g/mol. The minimum absolute atomic E-state index is 0.760. The molecule has 2 aromatic heterocycles. The Bertz CT molecular complexity index is 932. The highest BCUT2D eigenvalue weighted by atomic mass is 16.5. The molecule has 2 aliphatic rings. The summed E-state index contributed by atoms with van der Waals surface area (Å²) in [5, 5.41) is 0. The molecule has 5 rings (SSSR count). The average Bonchev–Trinajstić information content (AvgIpc) is 3.18. The zero-order valence-electron chi connectivity index (χ0n) is 15.8. The predicted molar refractivity (Wildman–Crippen MR) is 108 cm³/mol. The van der Waals surface area contributed by atoms with Gasteiger partial charge in [-0.05, 0) is 79.6 Å². The van der Waals surface area contributed by atoms with Crippen LogP contribution in [0.5, 0.6) is 5.75 Å². The Morgan fingerprint density at radius 1 is 0.963 bits per heavy atom. The molecule has 0 N–H and O–H groups in total. The summed E-state index contributed by atoms with van der Waals surface area (Å²) in [5.41, 5.74) is 4.81. The quantitative estimate of drug-likeness (QED) is 0.636. The van der Waals surface area contributed by atoms with Gasteiger partial charge in [-0.15, -0.1) is 0 Å². The Morgan fingerprint density at radius 3 is 2.89 bits per heavy atom. The van der Waals surface area contributed by atoms with Gasteiger partial charge in [0.05, 0.1) is 0 Å². The van der Waals surface area contributed by atoms with Crippen LogP contribution in [-0.4, -0.2) is 40.0 Å². The largest absolute Gasteiger partial charge is 0.492 e. The molecule has 0 amide bonds. The number of hydrogen-bond acceptors (Lipinski definition) is 3. The standard InChI is InChI=1S/C23H27N3O/c1-2-12-25-14-15-27-22-9-7-18(16-19(22)4-3-6-21(25)5-1)20-8-10-23-24-11-13-26(23)17-20/h7-11,13,16-17,21H,1-6,12,14-15H2. The van der Waals surface area contributed by atoms with Crippen LogP contribution >= 0.6 is 0 Å². The van der Waals surface area contributed by atoms with E-state index in [-0.39, 0.29) is 0 Å². The van der Waals surface area contributed by atoms with Crippen molar-refractivity contribution in [2.24, 2.45) is 0 Å². The topological polar surface area (TPSA) is 29.8 Å². The lowest BCUT2D eigenvalue weighted by atomic mass is 9.94. The molecule has 0 spiro atoms. The molecular formula is C23H27N3O. The van der Waals surface area contributed by atoms with Crippen molar-refractivity contribution in [3.05, 3.63) is 54.5 Å². The van der Waals surface area contributed by atoms with E-state index in [0.29, 0.717) is 0 Å². The highest BCUT2D eigenvalue weighted by molar-refractivity contribution is 5.66. The lowest BCUT2D eigenvalue weighted by Gasteiger charge is -2.36.